The summed E-state index contributed by atoms with van der Waals surface area (Å²) >= 11 is 1.95. The molecule has 0 aromatic carbocycles. The summed E-state index contributed by atoms with van der Waals surface area (Å²) in [4.78, 5) is 2.97. The average molecular weight is 251 g/mol. The first-order chi connectivity index (χ1) is 8.05. The minimum absolute atomic E-state index is 0.300. The second-order valence-electron chi connectivity index (χ2n) is 6.28. The van der Waals surface area contributed by atoms with Crippen molar-refractivity contribution < 1.29 is 0 Å². The molecule has 1 heterocycles. The minimum atomic E-state index is 0.300. The zero-order chi connectivity index (χ0) is 12.3. The molecule has 0 saturated heterocycles. The summed E-state index contributed by atoms with van der Waals surface area (Å²) in [6.07, 6.45) is 5.76. The predicted molar refractivity (Wildman–Crippen MR) is 76.7 cm³/mol. The Labute approximate surface area is 110 Å². The van der Waals surface area contributed by atoms with Crippen molar-refractivity contribution in [3.63, 3.8) is 0 Å². The van der Waals surface area contributed by atoms with Crippen LogP contribution in [-0.2, 0) is 12.0 Å². The van der Waals surface area contributed by atoms with Crippen molar-refractivity contribution in [2.75, 3.05) is 6.54 Å². The highest BCUT2D eigenvalue weighted by Crippen LogP contribution is 2.33. The average Bonchev–Trinajstić information content (AvgIpc) is 2.92. The van der Waals surface area contributed by atoms with Crippen LogP contribution in [0.25, 0.3) is 0 Å². The maximum Gasteiger partial charge on any atom is 0.0299 e. The van der Waals surface area contributed by atoms with Gasteiger partial charge in [0.15, 0.2) is 0 Å². The van der Waals surface area contributed by atoms with Gasteiger partial charge in [0.25, 0.3) is 0 Å². The number of hydrogen-bond donors (Lipinski definition) is 1. The van der Waals surface area contributed by atoms with Crippen LogP contribution >= 0.6 is 11.3 Å². The summed E-state index contributed by atoms with van der Waals surface area (Å²) in [5.74, 6) is 1.08. The molecule has 0 radical (unpaired) electrons. The number of rotatable bonds is 6. The maximum atomic E-state index is 3.56. The first-order valence-electron chi connectivity index (χ1n) is 6.85. The lowest BCUT2D eigenvalue weighted by molar-refractivity contribution is 0.596. The van der Waals surface area contributed by atoms with E-state index in [1.165, 1.54) is 42.0 Å². The van der Waals surface area contributed by atoms with Crippen LogP contribution in [-0.4, -0.2) is 6.54 Å². The molecule has 0 aliphatic heterocycles. The number of hydrogen-bond acceptors (Lipinski definition) is 2. The number of thiophene rings is 1. The molecule has 1 aromatic rings. The lowest BCUT2D eigenvalue weighted by Crippen LogP contribution is -2.14. The van der Waals surface area contributed by atoms with Gasteiger partial charge in [0.1, 0.15) is 0 Å². The van der Waals surface area contributed by atoms with Crippen LogP contribution in [0.1, 0.15) is 56.2 Å². The van der Waals surface area contributed by atoms with Gasteiger partial charge in [-0.1, -0.05) is 33.6 Å². The van der Waals surface area contributed by atoms with E-state index in [4.69, 9.17) is 0 Å². The van der Waals surface area contributed by atoms with Crippen LogP contribution in [0.15, 0.2) is 12.1 Å². The molecule has 1 nitrogen and oxygen atoms in total. The number of nitrogens with one attached hydrogen (secondary N) is 1. The Morgan fingerprint density at radius 1 is 1.29 bits per heavy atom. The van der Waals surface area contributed by atoms with Crippen molar-refractivity contribution in [3.05, 3.63) is 21.9 Å². The van der Waals surface area contributed by atoms with Gasteiger partial charge in [-0.25, -0.2) is 0 Å². The lowest BCUT2D eigenvalue weighted by atomic mass is 9.95. The van der Waals surface area contributed by atoms with E-state index in [9.17, 15) is 0 Å². The molecule has 2 rings (SSSR count). The van der Waals surface area contributed by atoms with Crippen molar-refractivity contribution in [2.24, 2.45) is 5.92 Å². The topological polar surface area (TPSA) is 12.0 Å². The Balaban J connectivity index is 1.66. The van der Waals surface area contributed by atoms with Crippen molar-refractivity contribution in [1.29, 1.82) is 0 Å². The first-order valence-corrected chi connectivity index (χ1v) is 7.67. The largest absolute Gasteiger partial charge is 0.312 e. The van der Waals surface area contributed by atoms with E-state index in [-0.39, 0.29) is 0 Å². The normalized spacial score (nSPS) is 16.4. The zero-order valence-electron chi connectivity index (χ0n) is 11.4. The quantitative estimate of drug-likeness (QED) is 0.742. The molecule has 1 aliphatic carbocycles. The standard InChI is InChI=1S/C15H25NS/c1-15(2,3)14-9-8-13(17-14)11-16-10-4-5-12-6-7-12/h8-9,12,16H,4-7,10-11H2,1-3H3. The summed E-state index contributed by atoms with van der Waals surface area (Å²) in [6.45, 7) is 9.08. The molecular formula is C15H25NS. The van der Waals surface area contributed by atoms with Crippen molar-refractivity contribution in [1.82, 2.24) is 5.32 Å². The van der Waals surface area contributed by atoms with Gasteiger partial charge in [-0.15, -0.1) is 11.3 Å². The minimum Gasteiger partial charge on any atom is -0.312 e. The molecule has 0 bridgehead atoms. The van der Waals surface area contributed by atoms with Gasteiger partial charge in [-0.3, -0.25) is 0 Å². The van der Waals surface area contributed by atoms with Gasteiger partial charge < -0.3 is 5.32 Å². The molecule has 0 unspecified atom stereocenters. The van der Waals surface area contributed by atoms with Crippen LogP contribution in [0.3, 0.4) is 0 Å². The molecule has 0 amide bonds. The van der Waals surface area contributed by atoms with Gasteiger partial charge in [0.2, 0.25) is 0 Å². The van der Waals surface area contributed by atoms with Crippen molar-refractivity contribution >= 4 is 11.3 Å². The molecule has 1 fully saturated rings. The van der Waals surface area contributed by atoms with Crippen molar-refractivity contribution in [2.45, 2.75) is 58.4 Å². The van der Waals surface area contributed by atoms with Crippen molar-refractivity contribution in [3.8, 4) is 0 Å². The van der Waals surface area contributed by atoms with E-state index in [0.29, 0.717) is 5.41 Å². The monoisotopic (exact) mass is 251 g/mol. The maximum absolute atomic E-state index is 3.56. The predicted octanol–water partition coefficient (Wildman–Crippen LogP) is 4.33. The smallest absolute Gasteiger partial charge is 0.0299 e. The van der Waals surface area contributed by atoms with Gasteiger partial charge in [0, 0.05) is 16.3 Å². The molecule has 2 heteroatoms. The van der Waals surface area contributed by atoms with Gasteiger partial charge in [-0.05, 0) is 42.9 Å². The fourth-order valence-corrected chi connectivity index (χ4v) is 3.04. The third-order valence-electron chi connectivity index (χ3n) is 3.36. The van der Waals surface area contributed by atoms with Crippen LogP contribution < -0.4 is 5.32 Å². The first kappa shape index (κ1) is 13.1. The van der Waals surface area contributed by atoms with E-state index in [2.05, 4.69) is 38.2 Å². The Morgan fingerprint density at radius 2 is 2.06 bits per heavy atom. The molecule has 1 aliphatic rings. The summed E-state index contributed by atoms with van der Waals surface area (Å²) in [7, 11) is 0. The molecule has 96 valence electrons. The van der Waals surface area contributed by atoms with Gasteiger partial charge >= 0.3 is 0 Å². The van der Waals surface area contributed by atoms with E-state index >= 15 is 0 Å². The van der Waals surface area contributed by atoms with E-state index in [1.807, 2.05) is 11.3 Å². The van der Waals surface area contributed by atoms with E-state index < -0.39 is 0 Å². The highest BCUT2D eigenvalue weighted by atomic mass is 32.1. The molecule has 0 atom stereocenters. The fraction of sp³-hybridized carbons (Fsp3) is 0.733. The summed E-state index contributed by atoms with van der Waals surface area (Å²) in [5, 5.41) is 3.56. The van der Waals surface area contributed by atoms with E-state index in [1.54, 1.807) is 0 Å². The second kappa shape index (κ2) is 5.53. The Bertz CT molecular complexity index is 344. The summed E-state index contributed by atoms with van der Waals surface area (Å²) < 4.78 is 0. The summed E-state index contributed by atoms with van der Waals surface area (Å²) in [6, 6.07) is 4.56. The SMILES string of the molecule is CC(C)(C)c1ccc(CNCCCC2CC2)s1. The third kappa shape index (κ3) is 4.44. The van der Waals surface area contributed by atoms with Gasteiger partial charge in [-0.2, -0.15) is 0 Å². The van der Waals surface area contributed by atoms with E-state index in [0.717, 1.165) is 12.5 Å². The molecule has 1 N–H and O–H groups in total. The Morgan fingerprint density at radius 3 is 2.65 bits per heavy atom. The van der Waals surface area contributed by atoms with Crippen LogP contribution in [0.5, 0.6) is 0 Å². The Kier molecular flexibility index (Phi) is 4.26. The van der Waals surface area contributed by atoms with Crippen LogP contribution in [0.2, 0.25) is 0 Å². The van der Waals surface area contributed by atoms with Crippen LogP contribution in [0, 0.1) is 5.92 Å². The Hall–Kier alpha value is -0.340. The molecule has 1 aromatic heterocycles. The fourth-order valence-electron chi connectivity index (χ4n) is 2.01. The third-order valence-corrected chi connectivity index (χ3v) is 4.87. The molecule has 1 saturated carbocycles. The van der Waals surface area contributed by atoms with Gasteiger partial charge in [0.05, 0.1) is 0 Å². The zero-order valence-corrected chi connectivity index (χ0v) is 12.2. The second-order valence-corrected chi connectivity index (χ2v) is 7.45. The molecule has 0 spiro atoms. The highest BCUT2D eigenvalue weighted by Gasteiger charge is 2.20. The lowest BCUT2D eigenvalue weighted by Gasteiger charge is -2.15. The highest BCUT2D eigenvalue weighted by molar-refractivity contribution is 7.12. The molecular weight excluding hydrogens is 226 g/mol. The summed E-state index contributed by atoms with van der Waals surface area (Å²) in [5.41, 5.74) is 0.300. The van der Waals surface area contributed by atoms with Crippen LogP contribution in [0.4, 0.5) is 0 Å². The molecule has 17 heavy (non-hydrogen) atoms.